The summed E-state index contributed by atoms with van der Waals surface area (Å²) >= 11 is 0. The van der Waals surface area contributed by atoms with Crippen LogP contribution in [0.15, 0.2) is 24.8 Å². The topological polar surface area (TPSA) is 72.9 Å². The lowest BCUT2D eigenvalue weighted by atomic mass is 10.4. The van der Waals surface area contributed by atoms with E-state index in [1.165, 1.54) is 12.8 Å². The predicted octanol–water partition coefficient (Wildman–Crippen LogP) is 0.845. The average Bonchev–Trinajstić information content (AvgIpc) is 3.02. The van der Waals surface area contributed by atoms with E-state index in [0.717, 1.165) is 18.9 Å². The quantitative estimate of drug-likeness (QED) is 0.827. The van der Waals surface area contributed by atoms with Crippen LogP contribution in [-0.4, -0.2) is 32.8 Å². The molecule has 0 aromatic carbocycles. The van der Waals surface area contributed by atoms with Gasteiger partial charge in [-0.05, 0) is 18.9 Å². The summed E-state index contributed by atoms with van der Waals surface area (Å²) in [5.74, 6) is 1.47. The fourth-order valence-corrected chi connectivity index (χ4v) is 2.13. The van der Waals surface area contributed by atoms with E-state index >= 15 is 0 Å². The zero-order chi connectivity index (χ0) is 11.7. The van der Waals surface area contributed by atoms with E-state index in [4.69, 9.17) is 5.73 Å². The van der Waals surface area contributed by atoms with Gasteiger partial charge < -0.3 is 10.6 Å². The summed E-state index contributed by atoms with van der Waals surface area (Å²) in [7, 11) is 0. The van der Waals surface area contributed by atoms with Gasteiger partial charge >= 0.3 is 0 Å². The van der Waals surface area contributed by atoms with Crippen molar-refractivity contribution >= 4 is 11.5 Å². The Bertz CT molecular complexity index is 501. The van der Waals surface area contributed by atoms with E-state index in [9.17, 15) is 0 Å². The molecule has 3 rings (SSSR count). The molecule has 1 fully saturated rings. The molecule has 1 aliphatic rings. The number of anilines is 2. The molecule has 6 heteroatoms. The standard InChI is InChI=1S/C11H14N6/c12-9-10(16-5-1-2-6-16)13-8-14-11(9)17-7-3-4-15-17/h3-4,7-8H,1-2,5-6,12H2. The van der Waals surface area contributed by atoms with Gasteiger partial charge in [0.25, 0.3) is 0 Å². The minimum Gasteiger partial charge on any atom is -0.393 e. The molecule has 0 amide bonds. The van der Waals surface area contributed by atoms with Crippen LogP contribution in [0.1, 0.15) is 12.8 Å². The van der Waals surface area contributed by atoms with Gasteiger partial charge in [-0.3, -0.25) is 0 Å². The lowest BCUT2D eigenvalue weighted by Gasteiger charge is -2.19. The van der Waals surface area contributed by atoms with Gasteiger partial charge in [0.1, 0.15) is 12.0 Å². The fraction of sp³-hybridized carbons (Fsp3) is 0.364. The first-order valence-electron chi connectivity index (χ1n) is 5.72. The van der Waals surface area contributed by atoms with Crippen LogP contribution in [0.3, 0.4) is 0 Å². The summed E-state index contributed by atoms with van der Waals surface area (Å²) < 4.78 is 1.66. The molecule has 3 heterocycles. The third-order valence-electron chi connectivity index (χ3n) is 2.97. The van der Waals surface area contributed by atoms with Crippen molar-refractivity contribution in [2.75, 3.05) is 23.7 Å². The predicted molar refractivity (Wildman–Crippen MR) is 65.0 cm³/mol. The van der Waals surface area contributed by atoms with Crippen LogP contribution in [0.4, 0.5) is 11.5 Å². The minimum atomic E-state index is 0.595. The maximum atomic E-state index is 6.13. The first kappa shape index (κ1) is 10.1. The highest BCUT2D eigenvalue weighted by Gasteiger charge is 2.19. The maximum Gasteiger partial charge on any atom is 0.181 e. The van der Waals surface area contributed by atoms with Gasteiger partial charge in [-0.25, -0.2) is 14.6 Å². The highest BCUT2D eigenvalue weighted by molar-refractivity contribution is 5.70. The molecule has 0 unspecified atom stereocenters. The van der Waals surface area contributed by atoms with Gasteiger partial charge in [0.05, 0.1) is 0 Å². The van der Waals surface area contributed by atoms with Crippen molar-refractivity contribution in [3.8, 4) is 5.82 Å². The molecule has 1 saturated heterocycles. The summed E-state index contributed by atoms with van der Waals surface area (Å²) in [5, 5.41) is 4.14. The largest absolute Gasteiger partial charge is 0.393 e. The van der Waals surface area contributed by atoms with Gasteiger partial charge in [0.15, 0.2) is 11.6 Å². The summed E-state index contributed by atoms with van der Waals surface area (Å²) in [6.45, 7) is 2.03. The van der Waals surface area contributed by atoms with Crippen LogP contribution in [-0.2, 0) is 0 Å². The molecule has 6 nitrogen and oxygen atoms in total. The molecule has 0 aliphatic carbocycles. The summed E-state index contributed by atoms with van der Waals surface area (Å²) in [4.78, 5) is 10.7. The molecule has 2 aromatic heterocycles. The number of aromatic nitrogens is 4. The van der Waals surface area contributed by atoms with E-state index in [-0.39, 0.29) is 0 Å². The Kier molecular flexibility index (Phi) is 2.40. The summed E-state index contributed by atoms with van der Waals surface area (Å²) in [6, 6.07) is 1.84. The summed E-state index contributed by atoms with van der Waals surface area (Å²) in [6.07, 6.45) is 7.46. The molecular weight excluding hydrogens is 216 g/mol. The van der Waals surface area contributed by atoms with Gasteiger partial charge in [-0.2, -0.15) is 5.10 Å². The number of nitrogen functional groups attached to an aromatic ring is 1. The first-order valence-corrected chi connectivity index (χ1v) is 5.72. The van der Waals surface area contributed by atoms with E-state index in [1.807, 2.05) is 12.3 Å². The Morgan fingerprint density at radius 3 is 2.59 bits per heavy atom. The van der Waals surface area contributed by atoms with Crippen LogP contribution in [0.25, 0.3) is 5.82 Å². The van der Waals surface area contributed by atoms with Crippen molar-refractivity contribution in [2.45, 2.75) is 12.8 Å². The number of hydrogen-bond acceptors (Lipinski definition) is 5. The molecule has 2 N–H and O–H groups in total. The second-order valence-electron chi connectivity index (χ2n) is 4.08. The normalized spacial score (nSPS) is 15.4. The molecule has 2 aromatic rings. The van der Waals surface area contributed by atoms with E-state index in [1.54, 1.807) is 17.2 Å². The smallest absolute Gasteiger partial charge is 0.181 e. The number of rotatable bonds is 2. The molecule has 0 saturated carbocycles. The van der Waals surface area contributed by atoms with Crippen LogP contribution in [0.2, 0.25) is 0 Å². The molecule has 88 valence electrons. The molecule has 0 bridgehead atoms. The van der Waals surface area contributed by atoms with Crippen molar-refractivity contribution < 1.29 is 0 Å². The van der Waals surface area contributed by atoms with Crippen molar-refractivity contribution in [3.05, 3.63) is 24.8 Å². The maximum absolute atomic E-state index is 6.13. The molecule has 0 radical (unpaired) electrons. The highest BCUT2D eigenvalue weighted by atomic mass is 15.3. The van der Waals surface area contributed by atoms with E-state index in [2.05, 4.69) is 20.0 Å². The number of nitrogens with two attached hydrogens (primary N) is 1. The molecule has 0 atom stereocenters. The minimum absolute atomic E-state index is 0.595. The Balaban J connectivity index is 2.03. The fourth-order valence-electron chi connectivity index (χ4n) is 2.13. The van der Waals surface area contributed by atoms with Gasteiger partial charge in [0, 0.05) is 25.5 Å². The highest BCUT2D eigenvalue weighted by Crippen LogP contribution is 2.27. The van der Waals surface area contributed by atoms with E-state index in [0.29, 0.717) is 11.5 Å². The molecule has 0 spiro atoms. The van der Waals surface area contributed by atoms with Crippen LogP contribution in [0.5, 0.6) is 0 Å². The second kappa shape index (κ2) is 4.04. The SMILES string of the molecule is Nc1c(N2CCCC2)ncnc1-n1cccn1. The van der Waals surface area contributed by atoms with Gasteiger partial charge in [-0.1, -0.05) is 0 Å². The van der Waals surface area contributed by atoms with Crippen molar-refractivity contribution in [1.82, 2.24) is 19.7 Å². The van der Waals surface area contributed by atoms with Crippen molar-refractivity contribution in [1.29, 1.82) is 0 Å². The summed E-state index contributed by atoms with van der Waals surface area (Å²) in [5.41, 5.74) is 6.72. The lowest BCUT2D eigenvalue weighted by molar-refractivity contribution is 0.834. The van der Waals surface area contributed by atoms with Crippen molar-refractivity contribution in [3.63, 3.8) is 0 Å². The molecular formula is C11H14N6. The average molecular weight is 230 g/mol. The van der Waals surface area contributed by atoms with E-state index < -0.39 is 0 Å². The molecule has 1 aliphatic heterocycles. The molecule has 17 heavy (non-hydrogen) atoms. The first-order chi connectivity index (χ1) is 8.36. The van der Waals surface area contributed by atoms with Gasteiger partial charge in [0.2, 0.25) is 0 Å². The third-order valence-corrected chi connectivity index (χ3v) is 2.97. The Labute approximate surface area is 99.1 Å². The second-order valence-corrected chi connectivity index (χ2v) is 4.08. The Hall–Kier alpha value is -2.11. The lowest BCUT2D eigenvalue weighted by Crippen LogP contribution is -2.21. The zero-order valence-corrected chi connectivity index (χ0v) is 9.45. The Morgan fingerprint density at radius 1 is 1.12 bits per heavy atom. The van der Waals surface area contributed by atoms with Crippen molar-refractivity contribution in [2.24, 2.45) is 0 Å². The van der Waals surface area contributed by atoms with Crippen LogP contribution in [0, 0.1) is 0 Å². The Morgan fingerprint density at radius 2 is 1.88 bits per heavy atom. The van der Waals surface area contributed by atoms with Crippen LogP contribution < -0.4 is 10.6 Å². The zero-order valence-electron chi connectivity index (χ0n) is 9.45. The number of nitrogens with zero attached hydrogens (tertiary/aromatic N) is 5. The monoisotopic (exact) mass is 230 g/mol. The van der Waals surface area contributed by atoms with Gasteiger partial charge in [-0.15, -0.1) is 0 Å². The van der Waals surface area contributed by atoms with Crippen LogP contribution >= 0.6 is 0 Å². The third kappa shape index (κ3) is 1.71. The number of hydrogen-bond donors (Lipinski definition) is 1.